The number of amides is 3. The zero-order chi connectivity index (χ0) is 26.3. The van der Waals surface area contributed by atoms with Crippen molar-refractivity contribution in [2.75, 3.05) is 0 Å². The molecule has 0 radical (unpaired) electrons. The Morgan fingerprint density at radius 3 is 2.20 bits per heavy atom. The number of H-pyrrole nitrogens is 1. The lowest BCUT2D eigenvalue weighted by molar-refractivity contribution is -0.143. The van der Waals surface area contributed by atoms with Crippen LogP contribution in [0.25, 0.3) is 10.9 Å². The van der Waals surface area contributed by atoms with Gasteiger partial charge in [-0.2, -0.15) is 0 Å². The monoisotopic (exact) mass is 487 g/mol. The van der Waals surface area contributed by atoms with E-state index in [2.05, 4.69) is 20.9 Å². The van der Waals surface area contributed by atoms with Gasteiger partial charge in [0, 0.05) is 17.1 Å². The SMILES string of the molecule is CC(C)CC(NC(=O)C(C)NC(=O)C(N)Cc1c[nH]c2ccccc12)C(=O)NC(C(=O)O)C(C)C. The lowest BCUT2D eigenvalue weighted by Gasteiger charge is -2.25. The van der Waals surface area contributed by atoms with Gasteiger partial charge in [-0.3, -0.25) is 14.4 Å². The van der Waals surface area contributed by atoms with Crippen LogP contribution in [0, 0.1) is 11.8 Å². The second-order valence-corrected chi connectivity index (χ2v) is 9.66. The molecule has 1 heterocycles. The molecule has 1 aromatic heterocycles. The van der Waals surface area contributed by atoms with Crippen LogP contribution in [0.1, 0.15) is 46.6 Å². The number of benzene rings is 1. The molecule has 0 spiro atoms. The van der Waals surface area contributed by atoms with Crippen molar-refractivity contribution >= 4 is 34.6 Å². The summed E-state index contributed by atoms with van der Waals surface area (Å²) >= 11 is 0. The average Bonchev–Trinajstić information content (AvgIpc) is 3.18. The van der Waals surface area contributed by atoms with Crippen molar-refractivity contribution in [2.45, 2.75) is 71.6 Å². The van der Waals surface area contributed by atoms with Gasteiger partial charge in [-0.1, -0.05) is 45.9 Å². The Bertz CT molecular complexity index is 1050. The molecule has 4 atom stereocenters. The highest BCUT2D eigenvalue weighted by molar-refractivity contribution is 5.94. The number of carbonyl (C=O) groups is 4. The van der Waals surface area contributed by atoms with Crippen LogP contribution >= 0.6 is 0 Å². The molecule has 2 aromatic rings. The first-order chi connectivity index (χ1) is 16.4. The number of aromatic nitrogens is 1. The fourth-order valence-corrected chi connectivity index (χ4v) is 3.78. The first-order valence-electron chi connectivity index (χ1n) is 11.8. The van der Waals surface area contributed by atoms with Gasteiger partial charge in [0.1, 0.15) is 18.1 Å². The molecule has 0 saturated carbocycles. The van der Waals surface area contributed by atoms with Crippen molar-refractivity contribution in [3.8, 4) is 0 Å². The highest BCUT2D eigenvalue weighted by Gasteiger charge is 2.30. The van der Waals surface area contributed by atoms with Gasteiger partial charge in [-0.25, -0.2) is 4.79 Å². The van der Waals surface area contributed by atoms with Gasteiger partial charge in [0.05, 0.1) is 6.04 Å². The molecule has 2 rings (SSSR count). The molecular weight excluding hydrogens is 450 g/mol. The maximum absolute atomic E-state index is 12.8. The Labute approximate surface area is 205 Å². The van der Waals surface area contributed by atoms with E-state index in [0.29, 0.717) is 6.42 Å². The molecule has 7 N–H and O–H groups in total. The van der Waals surface area contributed by atoms with E-state index >= 15 is 0 Å². The van der Waals surface area contributed by atoms with Crippen LogP contribution < -0.4 is 21.7 Å². The van der Waals surface area contributed by atoms with Crippen LogP contribution in [0.15, 0.2) is 30.5 Å². The van der Waals surface area contributed by atoms with Crippen molar-refractivity contribution in [1.29, 1.82) is 0 Å². The molecule has 0 fully saturated rings. The Balaban J connectivity index is 1.99. The standard InChI is InChI=1S/C25H37N5O5/c1-13(2)10-20(24(33)30-21(14(3)4)25(34)35)29-22(31)15(5)28-23(32)18(26)11-16-12-27-19-9-7-6-8-17(16)19/h6-9,12-15,18,20-21,27H,10-11,26H2,1-5H3,(H,28,32)(H,29,31)(H,30,33)(H,34,35). The summed E-state index contributed by atoms with van der Waals surface area (Å²) in [5.74, 6) is -3.05. The number of fused-ring (bicyclic) bond motifs is 1. The minimum atomic E-state index is -1.15. The molecule has 3 amide bonds. The Kier molecular flexibility index (Phi) is 9.82. The molecule has 192 valence electrons. The number of aliphatic carboxylic acids is 1. The molecular formula is C25H37N5O5. The Morgan fingerprint density at radius 1 is 0.943 bits per heavy atom. The summed E-state index contributed by atoms with van der Waals surface area (Å²) in [4.78, 5) is 52.8. The van der Waals surface area contributed by atoms with Gasteiger partial charge in [0.2, 0.25) is 17.7 Å². The summed E-state index contributed by atoms with van der Waals surface area (Å²) in [5, 5.41) is 18.1. The van der Waals surface area contributed by atoms with Crippen molar-refractivity contribution in [3.63, 3.8) is 0 Å². The van der Waals surface area contributed by atoms with Crippen LogP contribution in [0.2, 0.25) is 0 Å². The summed E-state index contributed by atoms with van der Waals surface area (Å²) in [5.41, 5.74) is 7.94. The van der Waals surface area contributed by atoms with E-state index in [1.165, 1.54) is 6.92 Å². The number of hydrogen-bond donors (Lipinski definition) is 6. The average molecular weight is 488 g/mol. The van der Waals surface area contributed by atoms with E-state index in [-0.39, 0.29) is 18.3 Å². The summed E-state index contributed by atoms with van der Waals surface area (Å²) in [6.45, 7) is 8.65. The largest absolute Gasteiger partial charge is 0.480 e. The van der Waals surface area contributed by atoms with Crippen molar-refractivity contribution in [3.05, 3.63) is 36.0 Å². The molecule has 1 aromatic carbocycles. The number of hydrogen-bond acceptors (Lipinski definition) is 5. The zero-order valence-corrected chi connectivity index (χ0v) is 20.9. The second kappa shape index (κ2) is 12.3. The molecule has 0 saturated heterocycles. The highest BCUT2D eigenvalue weighted by Crippen LogP contribution is 2.18. The van der Waals surface area contributed by atoms with Crippen molar-refractivity contribution in [2.24, 2.45) is 17.6 Å². The van der Waals surface area contributed by atoms with Gasteiger partial charge in [0.25, 0.3) is 0 Å². The minimum absolute atomic E-state index is 0.0582. The van der Waals surface area contributed by atoms with Gasteiger partial charge in [0.15, 0.2) is 0 Å². The third-order valence-electron chi connectivity index (χ3n) is 5.77. The highest BCUT2D eigenvalue weighted by atomic mass is 16.4. The molecule has 10 heteroatoms. The fraction of sp³-hybridized carbons (Fsp3) is 0.520. The lowest BCUT2D eigenvalue weighted by Crippen LogP contribution is -2.57. The third kappa shape index (κ3) is 7.81. The van der Waals surface area contributed by atoms with E-state index in [1.807, 2.05) is 44.3 Å². The maximum atomic E-state index is 12.8. The molecule has 0 aliphatic rings. The fourth-order valence-electron chi connectivity index (χ4n) is 3.78. The van der Waals surface area contributed by atoms with Crippen LogP contribution in [0.5, 0.6) is 0 Å². The topological polar surface area (TPSA) is 166 Å². The number of nitrogens with two attached hydrogens (primary N) is 1. The van der Waals surface area contributed by atoms with Crippen LogP contribution in [-0.2, 0) is 25.6 Å². The number of carboxylic acids is 1. The van der Waals surface area contributed by atoms with Gasteiger partial charge >= 0.3 is 5.97 Å². The normalized spacial score (nSPS) is 14.9. The molecule has 0 bridgehead atoms. The zero-order valence-electron chi connectivity index (χ0n) is 20.9. The second-order valence-electron chi connectivity index (χ2n) is 9.66. The first kappa shape index (κ1) is 27.8. The predicted molar refractivity (Wildman–Crippen MR) is 133 cm³/mol. The van der Waals surface area contributed by atoms with Crippen LogP contribution in [0.3, 0.4) is 0 Å². The number of rotatable bonds is 12. The van der Waals surface area contributed by atoms with Crippen molar-refractivity contribution < 1.29 is 24.3 Å². The number of carboxylic acid groups (broad SMARTS) is 1. The summed E-state index contributed by atoms with van der Waals surface area (Å²) in [6.07, 6.45) is 2.40. The molecule has 0 aliphatic heterocycles. The third-order valence-corrected chi connectivity index (χ3v) is 5.77. The number of nitrogens with one attached hydrogen (secondary N) is 4. The van der Waals surface area contributed by atoms with E-state index in [4.69, 9.17) is 5.73 Å². The summed E-state index contributed by atoms with van der Waals surface area (Å²) in [6, 6.07) is 3.85. The molecule has 10 nitrogen and oxygen atoms in total. The van der Waals surface area contributed by atoms with Crippen LogP contribution in [0.4, 0.5) is 0 Å². The van der Waals surface area contributed by atoms with Gasteiger partial charge in [-0.05, 0) is 43.2 Å². The molecule has 0 aliphatic carbocycles. The van der Waals surface area contributed by atoms with Crippen LogP contribution in [-0.4, -0.2) is 57.9 Å². The smallest absolute Gasteiger partial charge is 0.326 e. The van der Waals surface area contributed by atoms with Gasteiger partial charge in [-0.15, -0.1) is 0 Å². The number of para-hydroxylation sites is 1. The van der Waals surface area contributed by atoms with E-state index in [0.717, 1.165) is 16.5 Å². The molecule has 4 unspecified atom stereocenters. The van der Waals surface area contributed by atoms with Crippen molar-refractivity contribution in [1.82, 2.24) is 20.9 Å². The Hall–Kier alpha value is -3.40. The first-order valence-corrected chi connectivity index (χ1v) is 11.8. The van der Waals surface area contributed by atoms with Gasteiger partial charge < -0.3 is 31.8 Å². The number of aromatic amines is 1. The summed E-state index contributed by atoms with van der Waals surface area (Å²) < 4.78 is 0. The quantitative estimate of drug-likeness (QED) is 0.264. The number of carbonyl (C=O) groups excluding carboxylic acids is 3. The molecule has 35 heavy (non-hydrogen) atoms. The Morgan fingerprint density at radius 2 is 1.60 bits per heavy atom. The maximum Gasteiger partial charge on any atom is 0.326 e. The predicted octanol–water partition coefficient (Wildman–Crippen LogP) is 1.30. The lowest BCUT2D eigenvalue weighted by atomic mass is 10.00. The van der Waals surface area contributed by atoms with E-state index < -0.39 is 47.9 Å². The minimum Gasteiger partial charge on any atom is -0.480 e. The van der Waals surface area contributed by atoms with E-state index in [1.54, 1.807) is 13.8 Å². The van der Waals surface area contributed by atoms with E-state index in [9.17, 15) is 24.3 Å². The summed E-state index contributed by atoms with van der Waals surface area (Å²) in [7, 11) is 0.